The lowest BCUT2D eigenvalue weighted by Crippen LogP contribution is -2.65. The van der Waals surface area contributed by atoms with E-state index in [2.05, 4.69) is 240 Å². The maximum atomic E-state index is 9.63. The molecule has 3 aliphatic heterocycles. The molecule has 81 heavy (non-hydrogen) atoms. The van der Waals surface area contributed by atoms with Crippen LogP contribution in [0, 0.1) is 0 Å². The van der Waals surface area contributed by atoms with Crippen LogP contribution in [0.5, 0.6) is 0 Å². The highest BCUT2D eigenvalue weighted by molar-refractivity contribution is 7.99. The maximum absolute atomic E-state index is 9.63. The summed E-state index contributed by atoms with van der Waals surface area (Å²) >= 11 is 1.83. The van der Waals surface area contributed by atoms with Gasteiger partial charge in [0.1, 0.15) is 0 Å². The van der Waals surface area contributed by atoms with E-state index in [0.717, 1.165) is 55.8 Å². The molecule has 0 amide bonds. The molecule has 4 heterocycles. The van der Waals surface area contributed by atoms with Crippen molar-refractivity contribution in [2.24, 2.45) is 0 Å². The number of anilines is 3. The minimum Gasteiger partial charge on any atom is -0.311 e. The Balaban J connectivity index is 1.18. The fourth-order valence-electron chi connectivity index (χ4n) is 13.3. The Hall–Kier alpha value is -7.79. The number of benzene rings is 10. The Bertz CT molecular complexity index is 4710. The molecule has 11 aromatic rings. The number of para-hydroxylation sites is 2. The first-order valence-corrected chi connectivity index (χ1v) is 29.3. The Morgan fingerprint density at radius 3 is 1.57 bits per heavy atom. The lowest BCUT2D eigenvalue weighted by Gasteiger charge is -2.51. The second kappa shape index (κ2) is 18.1. The quantitative estimate of drug-likeness (QED) is 0.162. The molecule has 0 bridgehead atoms. The second-order valence-electron chi connectivity index (χ2n) is 26.8. The summed E-state index contributed by atoms with van der Waals surface area (Å²) in [5.41, 5.74) is 19.2. The third-order valence-corrected chi connectivity index (χ3v) is 18.7. The van der Waals surface area contributed by atoms with Crippen LogP contribution in [0.4, 0.5) is 17.1 Å². The minimum absolute atomic E-state index is 0.0395. The molecule has 2 nitrogen and oxygen atoms in total. The van der Waals surface area contributed by atoms with Gasteiger partial charge in [0.15, 0.2) is 0 Å². The van der Waals surface area contributed by atoms with Crippen molar-refractivity contribution in [1.29, 1.82) is 0 Å². The lowest BCUT2D eigenvalue weighted by atomic mass is 9.29. The van der Waals surface area contributed by atoms with Gasteiger partial charge in [-0.05, 0) is 148 Å². The van der Waals surface area contributed by atoms with Crippen molar-refractivity contribution in [3.63, 3.8) is 0 Å². The topological polar surface area (TPSA) is 8.17 Å². The van der Waals surface area contributed by atoms with Crippen LogP contribution >= 0.6 is 11.8 Å². The normalized spacial score (nSPS) is 15.8. The molecule has 1 spiro atoms. The summed E-state index contributed by atoms with van der Waals surface area (Å²) in [6, 6.07) is 57.8. The van der Waals surface area contributed by atoms with Gasteiger partial charge in [-0.2, -0.15) is 0 Å². The highest BCUT2D eigenvalue weighted by Gasteiger charge is 2.55. The van der Waals surface area contributed by atoms with Crippen molar-refractivity contribution in [3.05, 3.63) is 257 Å². The summed E-state index contributed by atoms with van der Waals surface area (Å²) in [6.45, 7) is 27.0. The standard InChI is InChI=1S/C77H71BN2S/c1-73(2,3)51-35-39-67(58(44-51)48-24-14-13-15-25-48)80-68-47-55(79-65-30-20-16-26-56(65)57-27-17-21-31-66(57)79)36-38-64(68)78-63-37-34-49(50-40-52(74(4,5)6)43-53(41-50)75(7,8)9)42-61(63)77(62-45-54(76(10,11)12)46-69(80)72(62)78)59-28-18-22-32-70(59)81-71-33-23-19-29-60(71)77/h13-47H,1-12H3/i16D,17D,20D,21D,26D,27D,30D,31D. The molecule has 4 heteroatoms. The molecule has 0 N–H and O–H groups in total. The molecule has 398 valence electrons. The largest absolute Gasteiger partial charge is 0.311 e. The van der Waals surface area contributed by atoms with Crippen LogP contribution in [0.2, 0.25) is 0 Å². The maximum Gasteiger partial charge on any atom is 0.247 e. The zero-order chi connectivity index (χ0) is 63.1. The Labute approximate surface area is 496 Å². The molecule has 0 fully saturated rings. The van der Waals surface area contributed by atoms with E-state index < -0.39 is 29.6 Å². The molecule has 0 radical (unpaired) electrons. The number of aromatic nitrogens is 1. The van der Waals surface area contributed by atoms with Gasteiger partial charge >= 0.3 is 0 Å². The van der Waals surface area contributed by atoms with E-state index in [9.17, 15) is 5.48 Å². The molecule has 1 aromatic heterocycles. The van der Waals surface area contributed by atoms with Crippen molar-refractivity contribution in [1.82, 2.24) is 4.57 Å². The predicted molar refractivity (Wildman–Crippen MR) is 348 cm³/mol. The number of hydrogen-bond acceptors (Lipinski definition) is 2. The molecule has 14 rings (SSSR count). The van der Waals surface area contributed by atoms with E-state index in [-0.39, 0.29) is 74.3 Å². The van der Waals surface area contributed by atoms with Crippen LogP contribution < -0.4 is 21.3 Å². The number of nitrogens with zero attached hydrogens (tertiary/aromatic N) is 2. The summed E-state index contributed by atoms with van der Waals surface area (Å²) in [7, 11) is 0. The molecular weight excluding hydrogens is 996 g/mol. The number of hydrogen-bond donors (Lipinski definition) is 0. The first kappa shape index (κ1) is 43.0. The van der Waals surface area contributed by atoms with Crippen LogP contribution in [0.15, 0.2) is 222 Å². The third kappa shape index (κ3) is 7.98. The molecule has 10 aromatic carbocycles. The number of fused-ring (bicyclic) bond motifs is 13. The summed E-state index contributed by atoms with van der Waals surface area (Å²) < 4.78 is 75.7. The van der Waals surface area contributed by atoms with E-state index in [0.29, 0.717) is 5.69 Å². The van der Waals surface area contributed by atoms with E-state index >= 15 is 0 Å². The van der Waals surface area contributed by atoms with E-state index in [4.69, 9.17) is 5.48 Å². The zero-order valence-corrected chi connectivity index (χ0v) is 49.3. The molecule has 0 saturated carbocycles. The van der Waals surface area contributed by atoms with Gasteiger partial charge in [-0.15, -0.1) is 0 Å². The predicted octanol–water partition coefficient (Wildman–Crippen LogP) is 18.8. The van der Waals surface area contributed by atoms with Crippen molar-refractivity contribution < 1.29 is 11.0 Å². The van der Waals surface area contributed by atoms with Crippen molar-refractivity contribution in [2.75, 3.05) is 4.90 Å². The Kier molecular flexibility index (Phi) is 9.62. The minimum atomic E-state index is -0.836. The van der Waals surface area contributed by atoms with Gasteiger partial charge in [-0.25, -0.2) is 0 Å². The highest BCUT2D eigenvalue weighted by atomic mass is 32.2. The van der Waals surface area contributed by atoms with Crippen LogP contribution in [-0.4, -0.2) is 11.3 Å². The van der Waals surface area contributed by atoms with Gasteiger partial charge in [0.25, 0.3) is 0 Å². The van der Waals surface area contributed by atoms with Gasteiger partial charge in [-0.3, -0.25) is 0 Å². The smallest absolute Gasteiger partial charge is 0.247 e. The summed E-state index contributed by atoms with van der Waals surface area (Å²) in [6.07, 6.45) is 0. The number of rotatable bonds is 4. The summed E-state index contributed by atoms with van der Waals surface area (Å²) in [4.78, 5) is 4.83. The molecular formula is C77H71BN2S. The van der Waals surface area contributed by atoms with Gasteiger partial charge in [0, 0.05) is 43.2 Å². The second-order valence-corrected chi connectivity index (χ2v) is 27.9. The van der Waals surface area contributed by atoms with Crippen LogP contribution in [0.3, 0.4) is 0 Å². The Morgan fingerprint density at radius 1 is 0.407 bits per heavy atom. The molecule has 0 saturated heterocycles. The molecule has 0 aliphatic carbocycles. The van der Waals surface area contributed by atoms with Crippen molar-refractivity contribution in [2.45, 2.75) is 120 Å². The lowest BCUT2D eigenvalue weighted by molar-refractivity contribution is 0.569. The van der Waals surface area contributed by atoms with Crippen LogP contribution in [-0.2, 0) is 27.1 Å². The third-order valence-electron chi connectivity index (χ3n) is 17.6. The van der Waals surface area contributed by atoms with Crippen molar-refractivity contribution in [3.8, 4) is 27.9 Å². The first-order chi connectivity index (χ1) is 42.0. The van der Waals surface area contributed by atoms with Crippen molar-refractivity contribution >= 4 is 73.7 Å². The molecule has 3 aliphatic rings. The average Bonchev–Trinajstić information content (AvgIpc) is 1.60. The molecule has 0 atom stereocenters. The van der Waals surface area contributed by atoms with Gasteiger partial charge in [0.2, 0.25) is 6.71 Å². The van der Waals surface area contributed by atoms with Gasteiger partial charge < -0.3 is 9.47 Å². The Morgan fingerprint density at radius 2 is 0.963 bits per heavy atom. The van der Waals surface area contributed by atoms with Gasteiger partial charge in [0.05, 0.1) is 33.1 Å². The fraction of sp³-hybridized carbons (Fsp3) is 0.221. The summed E-state index contributed by atoms with van der Waals surface area (Å²) in [5.74, 6) is 0. The first-order valence-electron chi connectivity index (χ1n) is 32.5. The van der Waals surface area contributed by atoms with Crippen LogP contribution in [0.25, 0.3) is 49.7 Å². The monoisotopic (exact) mass is 1070 g/mol. The SMILES string of the molecule is [2H]c1c([2H])c([2H])c2c(c1[2H])c1c([2H])c([2H])c([2H])c([2H])c1n2-c1ccc2c(c1)N(c1ccc(C(C)(C)C)cc1-c1ccccc1)c1cc(C(C)(C)C)cc3c1B2c1ccc(-c2cc(C(C)(C)C)cc(C(C)(C)C)c2)cc1C31c2ccccc2Sc2ccccc21. The molecule has 0 unspecified atom stereocenters. The van der Waals surface area contributed by atoms with E-state index in [1.165, 1.54) is 54.2 Å². The average molecular weight is 1080 g/mol. The summed E-state index contributed by atoms with van der Waals surface area (Å²) in [5, 5.41) is 0.0791. The van der Waals surface area contributed by atoms with E-state index in [1.54, 1.807) is 4.57 Å². The fourth-order valence-corrected chi connectivity index (χ4v) is 14.5. The van der Waals surface area contributed by atoms with Crippen LogP contribution in [0.1, 0.15) is 139 Å². The highest BCUT2D eigenvalue weighted by Crippen LogP contribution is 2.59. The van der Waals surface area contributed by atoms with Gasteiger partial charge in [-0.1, -0.05) is 258 Å². The zero-order valence-electron chi connectivity index (χ0n) is 56.5. The van der Waals surface area contributed by atoms with E-state index in [1.807, 2.05) is 23.9 Å².